The van der Waals surface area contributed by atoms with Crippen molar-refractivity contribution in [3.63, 3.8) is 0 Å². The van der Waals surface area contributed by atoms with Crippen LogP contribution in [0.25, 0.3) is 16.6 Å². The molecule has 2 aliphatic rings. The first kappa shape index (κ1) is 23.8. The van der Waals surface area contributed by atoms with Crippen molar-refractivity contribution in [2.24, 2.45) is 0 Å². The normalized spacial score (nSPS) is 18.5. The van der Waals surface area contributed by atoms with Crippen molar-refractivity contribution in [2.45, 2.75) is 49.3 Å². The Kier molecular flexibility index (Phi) is 6.38. The van der Waals surface area contributed by atoms with Gasteiger partial charge in [-0.05, 0) is 44.4 Å². The summed E-state index contributed by atoms with van der Waals surface area (Å²) in [6, 6.07) is 6.53. The lowest BCUT2D eigenvalue weighted by atomic mass is 10.0. The Bertz CT molecular complexity index is 1490. The summed E-state index contributed by atoms with van der Waals surface area (Å²) in [5.41, 5.74) is 4.18. The van der Waals surface area contributed by atoms with E-state index in [4.69, 9.17) is 5.10 Å². The number of nitriles is 2. The number of aromatic nitrogens is 4. The Labute approximate surface area is 212 Å². The third kappa shape index (κ3) is 4.40. The molecule has 0 bridgehead atoms. The van der Waals surface area contributed by atoms with Gasteiger partial charge in [0.2, 0.25) is 5.91 Å². The van der Waals surface area contributed by atoms with Crippen LogP contribution in [0.1, 0.15) is 43.5 Å². The van der Waals surface area contributed by atoms with Gasteiger partial charge in [-0.1, -0.05) is 0 Å². The zero-order valence-corrected chi connectivity index (χ0v) is 20.8. The average Bonchev–Trinajstić information content (AvgIpc) is 3.48. The Morgan fingerprint density at radius 1 is 1.22 bits per heavy atom. The maximum absolute atomic E-state index is 13.7. The number of allylic oxidation sites excluding steroid dienone is 3. The standard InChI is InChI=1S/C26H24FN7OS/c1-16-23(15-33(31-16)22-5-7-32(8-6-22)17(2)35)19-10-25(26-20(12-29)13-30-34(26)14-19)36-24-4-3-21(27)9-18(24)11-28/h3,9-10,13-15,22,24H,4-8H2,1-2H3. The Morgan fingerprint density at radius 3 is 2.69 bits per heavy atom. The van der Waals surface area contributed by atoms with Crippen LogP contribution in [0.5, 0.6) is 0 Å². The van der Waals surface area contributed by atoms with Crippen molar-refractivity contribution in [3.8, 4) is 23.3 Å². The third-order valence-electron chi connectivity index (χ3n) is 6.77. The van der Waals surface area contributed by atoms with E-state index in [0.717, 1.165) is 47.6 Å². The quantitative estimate of drug-likeness (QED) is 0.512. The fraction of sp³-hybridized carbons (Fsp3) is 0.346. The highest BCUT2D eigenvalue weighted by Gasteiger charge is 2.25. The van der Waals surface area contributed by atoms with E-state index in [1.165, 1.54) is 30.1 Å². The maximum Gasteiger partial charge on any atom is 0.219 e. The van der Waals surface area contributed by atoms with Crippen molar-refractivity contribution >= 4 is 23.2 Å². The van der Waals surface area contributed by atoms with Crippen LogP contribution < -0.4 is 0 Å². The van der Waals surface area contributed by atoms with Gasteiger partial charge in [-0.15, -0.1) is 11.8 Å². The fourth-order valence-electron chi connectivity index (χ4n) is 4.82. The number of pyridine rings is 1. The van der Waals surface area contributed by atoms with Gasteiger partial charge in [0.05, 0.1) is 35.1 Å². The lowest BCUT2D eigenvalue weighted by molar-refractivity contribution is -0.130. The van der Waals surface area contributed by atoms with E-state index >= 15 is 0 Å². The largest absolute Gasteiger partial charge is 0.343 e. The molecule has 8 nitrogen and oxygen atoms in total. The van der Waals surface area contributed by atoms with E-state index < -0.39 is 5.83 Å². The second-order valence-corrected chi connectivity index (χ2v) is 10.3. The molecule has 4 heterocycles. The highest BCUT2D eigenvalue weighted by molar-refractivity contribution is 8.00. The number of aryl methyl sites for hydroxylation is 1. The summed E-state index contributed by atoms with van der Waals surface area (Å²) in [5, 5.41) is 28.1. The molecule has 1 saturated heterocycles. The highest BCUT2D eigenvalue weighted by Crippen LogP contribution is 2.39. The number of thioether (sulfide) groups is 1. The molecular formula is C26H24FN7OS. The number of halogens is 1. The number of nitrogens with zero attached hydrogens (tertiary/aromatic N) is 7. The summed E-state index contributed by atoms with van der Waals surface area (Å²) in [7, 11) is 0. The number of fused-ring (bicyclic) bond motifs is 1. The predicted octanol–water partition coefficient (Wildman–Crippen LogP) is 4.73. The van der Waals surface area contributed by atoms with Crippen LogP contribution in [0.15, 0.2) is 53.1 Å². The molecule has 1 fully saturated rings. The molecule has 3 aromatic heterocycles. The van der Waals surface area contributed by atoms with Gasteiger partial charge in [-0.2, -0.15) is 20.7 Å². The summed E-state index contributed by atoms with van der Waals surface area (Å²) in [6.45, 7) is 5.00. The number of amides is 1. The first-order chi connectivity index (χ1) is 17.4. The zero-order valence-electron chi connectivity index (χ0n) is 20.0. The second kappa shape index (κ2) is 9.63. The number of rotatable bonds is 4. The number of piperidine rings is 1. The van der Waals surface area contributed by atoms with E-state index in [1.54, 1.807) is 11.4 Å². The molecule has 3 aromatic rings. The van der Waals surface area contributed by atoms with E-state index in [1.807, 2.05) is 35.0 Å². The molecule has 1 aliphatic heterocycles. The van der Waals surface area contributed by atoms with Gasteiger partial charge in [0.25, 0.3) is 0 Å². The van der Waals surface area contributed by atoms with Crippen LogP contribution in [-0.4, -0.2) is 48.5 Å². The van der Waals surface area contributed by atoms with Gasteiger partial charge in [0.1, 0.15) is 11.9 Å². The monoisotopic (exact) mass is 501 g/mol. The molecule has 1 aliphatic carbocycles. The molecule has 0 aromatic carbocycles. The van der Waals surface area contributed by atoms with E-state index in [2.05, 4.69) is 17.2 Å². The molecule has 0 N–H and O–H groups in total. The van der Waals surface area contributed by atoms with Crippen molar-refractivity contribution < 1.29 is 9.18 Å². The summed E-state index contributed by atoms with van der Waals surface area (Å²) in [4.78, 5) is 14.3. The van der Waals surface area contributed by atoms with E-state index in [9.17, 15) is 19.7 Å². The molecule has 0 spiro atoms. The van der Waals surface area contributed by atoms with Gasteiger partial charge in [0.15, 0.2) is 0 Å². The van der Waals surface area contributed by atoms with Gasteiger partial charge >= 0.3 is 0 Å². The summed E-state index contributed by atoms with van der Waals surface area (Å²) >= 11 is 1.44. The smallest absolute Gasteiger partial charge is 0.219 e. The van der Waals surface area contributed by atoms with Crippen LogP contribution in [0.3, 0.4) is 0 Å². The van der Waals surface area contributed by atoms with Crippen molar-refractivity contribution in [1.82, 2.24) is 24.3 Å². The number of carbonyl (C=O) groups is 1. The summed E-state index contributed by atoms with van der Waals surface area (Å²) < 4.78 is 17.4. The molecule has 10 heteroatoms. The number of hydrogen-bond donors (Lipinski definition) is 0. The van der Waals surface area contributed by atoms with Crippen LogP contribution >= 0.6 is 11.8 Å². The lowest BCUT2D eigenvalue weighted by Crippen LogP contribution is -2.37. The Balaban J connectivity index is 1.50. The molecule has 0 saturated carbocycles. The number of hydrogen-bond acceptors (Lipinski definition) is 6. The minimum absolute atomic E-state index is 0.102. The lowest BCUT2D eigenvalue weighted by Gasteiger charge is -2.31. The van der Waals surface area contributed by atoms with Gasteiger partial charge in [-0.25, -0.2) is 8.91 Å². The molecular weight excluding hydrogens is 477 g/mol. The molecule has 182 valence electrons. The molecule has 36 heavy (non-hydrogen) atoms. The number of carbonyl (C=O) groups excluding carboxylic acids is 1. The second-order valence-electron chi connectivity index (χ2n) is 9.04. The van der Waals surface area contributed by atoms with E-state index in [0.29, 0.717) is 23.1 Å². The highest BCUT2D eigenvalue weighted by atomic mass is 32.2. The molecule has 0 radical (unpaired) electrons. The van der Waals surface area contributed by atoms with Gasteiger partial charge in [-0.3, -0.25) is 9.48 Å². The van der Waals surface area contributed by atoms with Gasteiger partial charge in [0, 0.05) is 59.3 Å². The van der Waals surface area contributed by atoms with Crippen LogP contribution in [0.4, 0.5) is 4.39 Å². The predicted molar refractivity (Wildman–Crippen MR) is 134 cm³/mol. The first-order valence-electron chi connectivity index (χ1n) is 11.7. The minimum Gasteiger partial charge on any atom is -0.343 e. The maximum atomic E-state index is 13.7. The average molecular weight is 502 g/mol. The van der Waals surface area contributed by atoms with Crippen LogP contribution in [-0.2, 0) is 4.79 Å². The Morgan fingerprint density at radius 2 is 2.00 bits per heavy atom. The van der Waals surface area contributed by atoms with Gasteiger partial charge < -0.3 is 4.90 Å². The zero-order chi connectivity index (χ0) is 25.4. The molecule has 1 amide bonds. The SMILES string of the molecule is CC(=O)N1CCC(n2cc(-c3cc(SC4CC=C(F)C=C4C#N)c4c(C#N)cnn4c3)c(C)n2)CC1. The minimum atomic E-state index is -0.401. The summed E-state index contributed by atoms with van der Waals surface area (Å²) in [6.07, 6.45) is 10.3. The first-order valence-corrected chi connectivity index (χ1v) is 12.6. The van der Waals surface area contributed by atoms with Crippen molar-refractivity contribution in [1.29, 1.82) is 10.5 Å². The molecule has 5 rings (SSSR count). The Hall–Kier alpha value is -3.89. The van der Waals surface area contributed by atoms with E-state index in [-0.39, 0.29) is 17.2 Å². The molecule has 1 unspecified atom stereocenters. The topological polar surface area (TPSA) is 103 Å². The van der Waals surface area contributed by atoms with Crippen LogP contribution in [0.2, 0.25) is 0 Å². The van der Waals surface area contributed by atoms with Crippen LogP contribution in [0, 0.1) is 29.6 Å². The summed E-state index contributed by atoms with van der Waals surface area (Å²) in [5.74, 6) is -0.299. The van der Waals surface area contributed by atoms with Crippen molar-refractivity contribution in [2.75, 3.05) is 13.1 Å². The fourth-order valence-corrected chi connectivity index (χ4v) is 6.07. The van der Waals surface area contributed by atoms with Crippen molar-refractivity contribution in [3.05, 3.63) is 59.5 Å². The molecule has 1 atom stereocenters. The third-order valence-corrected chi connectivity index (χ3v) is 8.07. The number of likely N-dealkylation sites (tertiary alicyclic amines) is 1.